The number of pyridine rings is 1. The molecule has 0 aliphatic heterocycles. The summed E-state index contributed by atoms with van der Waals surface area (Å²) < 4.78 is 1.60. The van der Waals surface area contributed by atoms with Gasteiger partial charge >= 0.3 is 0 Å². The van der Waals surface area contributed by atoms with Crippen LogP contribution in [-0.4, -0.2) is 10.9 Å². The van der Waals surface area contributed by atoms with Gasteiger partial charge in [0.1, 0.15) is 10.4 Å². The van der Waals surface area contributed by atoms with E-state index in [1.807, 2.05) is 12.1 Å². The van der Waals surface area contributed by atoms with E-state index in [1.165, 1.54) is 11.3 Å². The van der Waals surface area contributed by atoms with E-state index in [2.05, 4.69) is 26.2 Å². The minimum Gasteiger partial charge on any atom is -0.396 e. The number of hydrogen-bond donors (Lipinski definition) is 2. The molecule has 0 spiro atoms. The summed E-state index contributed by atoms with van der Waals surface area (Å²) in [5.41, 5.74) is 7.71. The van der Waals surface area contributed by atoms with Crippen molar-refractivity contribution in [3.05, 3.63) is 50.9 Å². The average Bonchev–Trinajstić information content (AvgIpc) is 2.81. The first-order valence-electron chi connectivity index (χ1n) is 5.95. The molecule has 0 bridgehead atoms. The van der Waals surface area contributed by atoms with Crippen molar-refractivity contribution in [3.63, 3.8) is 0 Å². The quantitative estimate of drug-likeness (QED) is 0.683. The molecule has 0 unspecified atom stereocenters. The number of nitrogens with two attached hydrogens (primary N) is 1. The Labute approximate surface area is 138 Å². The highest BCUT2D eigenvalue weighted by Gasteiger charge is 2.17. The average molecular weight is 383 g/mol. The van der Waals surface area contributed by atoms with Gasteiger partial charge in [-0.15, -0.1) is 11.3 Å². The van der Waals surface area contributed by atoms with Gasteiger partial charge in [-0.25, -0.2) is 0 Å². The second-order valence-electron chi connectivity index (χ2n) is 4.28. The van der Waals surface area contributed by atoms with Crippen molar-refractivity contribution >= 4 is 66.4 Å². The fraction of sp³-hybridized carbons (Fsp3) is 0. The van der Waals surface area contributed by atoms with Crippen LogP contribution in [0.5, 0.6) is 0 Å². The van der Waals surface area contributed by atoms with Crippen LogP contribution in [0.3, 0.4) is 0 Å². The van der Waals surface area contributed by atoms with E-state index in [1.54, 1.807) is 24.4 Å². The summed E-state index contributed by atoms with van der Waals surface area (Å²) in [5, 5.41) is 3.39. The fourth-order valence-corrected chi connectivity index (χ4v) is 3.35. The van der Waals surface area contributed by atoms with Crippen LogP contribution in [0.25, 0.3) is 10.2 Å². The first-order chi connectivity index (χ1) is 10.1. The topological polar surface area (TPSA) is 68.0 Å². The zero-order valence-electron chi connectivity index (χ0n) is 10.6. The lowest BCUT2D eigenvalue weighted by atomic mass is 10.3. The van der Waals surface area contributed by atoms with Gasteiger partial charge in [0.2, 0.25) is 0 Å². The molecule has 106 valence electrons. The van der Waals surface area contributed by atoms with Gasteiger partial charge in [0.05, 0.1) is 15.4 Å². The number of nitrogens with one attached hydrogen (secondary N) is 1. The molecule has 21 heavy (non-hydrogen) atoms. The molecule has 2 aromatic heterocycles. The zero-order valence-corrected chi connectivity index (χ0v) is 13.7. The number of anilines is 2. The number of halogens is 2. The van der Waals surface area contributed by atoms with E-state index in [0.717, 1.165) is 4.70 Å². The summed E-state index contributed by atoms with van der Waals surface area (Å²) in [6, 6.07) is 8.88. The molecule has 0 saturated carbocycles. The molecule has 0 fully saturated rings. The number of rotatable bonds is 2. The number of hydrogen-bond acceptors (Lipinski definition) is 4. The molecule has 3 aromatic rings. The van der Waals surface area contributed by atoms with Crippen molar-refractivity contribution in [2.45, 2.75) is 0 Å². The van der Waals surface area contributed by atoms with Crippen LogP contribution in [0, 0.1) is 0 Å². The summed E-state index contributed by atoms with van der Waals surface area (Å²) in [4.78, 5) is 17.0. The first kappa shape index (κ1) is 14.3. The number of carbonyl (C=O) groups is 1. The van der Waals surface area contributed by atoms with Gasteiger partial charge in [-0.05, 0) is 46.3 Å². The summed E-state index contributed by atoms with van der Waals surface area (Å²) in [6.45, 7) is 0. The van der Waals surface area contributed by atoms with Gasteiger partial charge in [-0.3, -0.25) is 9.78 Å². The number of aromatic nitrogens is 1. The summed E-state index contributed by atoms with van der Waals surface area (Å²) in [6.07, 6.45) is 1.66. The monoisotopic (exact) mass is 381 g/mol. The molecule has 7 heteroatoms. The summed E-state index contributed by atoms with van der Waals surface area (Å²) >= 11 is 10.6. The van der Waals surface area contributed by atoms with Crippen molar-refractivity contribution in [3.8, 4) is 0 Å². The van der Waals surface area contributed by atoms with E-state index in [-0.39, 0.29) is 5.91 Å². The first-order valence-corrected chi connectivity index (χ1v) is 7.94. The molecule has 1 amide bonds. The van der Waals surface area contributed by atoms with E-state index in [4.69, 9.17) is 17.3 Å². The van der Waals surface area contributed by atoms with Gasteiger partial charge in [0.25, 0.3) is 5.91 Å². The number of benzene rings is 1. The molecular weight excluding hydrogens is 374 g/mol. The molecular formula is C14H9BrClN3OS. The molecule has 3 N–H and O–H groups in total. The minimum atomic E-state index is -0.260. The maximum atomic E-state index is 12.3. The van der Waals surface area contributed by atoms with Crippen LogP contribution in [0.15, 0.2) is 41.0 Å². The summed E-state index contributed by atoms with van der Waals surface area (Å²) in [5.74, 6) is -0.260. The fourth-order valence-electron chi connectivity index (χ4n) is 1.88. The molecule has 1 aromatic carbocycles. The highest BCUT2D eigenvalue weighted by atomic mass is 79.9. The van der Waals surface area contributed by atoms with Crippen molar-refractivity contribution < 1.29 is 4.79 Å². The number of nitrogen functional groups attached to an aromatic ring is 1. The largest absolute Gasteiger partial charge is 0.396 e. The normalized spacial score (nSPS) is 10.8. The highest BCUT2D eigenvalue weighted by Crippen LogP contribution is 2.33. The summed E-state index contributed by atoms with van der Waals surface area (Å²) in [7, 11) is 0. The van der Waals surface area contributed by atoms with Crippen molar-refractivity contribution in [1.29, 1.82) is 0 Å². The Kier molecular flexibility index (Phi) is 3.84. The second kappa shape index (κ2) is 5.63. The van der Waals surface area contributed by atoms with E-state index < -0.39 is 0 Å². The Hall–Kier alpha value is -1.63. The number of nitrogens with zero attached hydrogens (tertiary/aromatic N) is 1. The van der Waals surface area contributed by atoms with Gasteiger partial charge in [0, 0.05) is 16.4 Å². The van der Waals surface area contributed by atoms with Gasteiger partial charge in [-0.1, -0.05) is 11.6 Å². The van der Waals surface area contributed by atoms with Crippen molar-refractivity contribution in [1.82, 2.24) is 4.98 Å². The lowest BCUT2D eigenvalue weighted by molar-refractivity contribution is 0.103. The predicted molar refractivity (Wildman–Crippen MR) is 91.1 cm³/mol. The Balaban J connectivity index is 1.93. The van der Waals surface area contributed by atoms with Crippen LogP contribution >= 0.6 is 38.9 Å². The van der Waals surface area contributed by atoms with Crippen LogP contribution < -0.4 is 11.1 Å². The van der Waals surface area contributed by atoms with E-state index in [0.29, 0.717) is 31.3 Å². The van der Waals surface area contributed by atoms with Crippen molar-refractivity contribution in [2.75, 3.05) is 11.1 Å². The number of amides is 1. The van der Waals surface area contributed by atoms with Crippen LogP contribution in [0.1, 0.15) is 9.67 Å². The minimum absolute atomic E-state index is 0.260. The van der Waals surface area contributed by atoms with Gasteiger partial charge in [-0.2, -0.15) is 0 Å². The van der Waals surface area contributed by atoms with E-state index >= 15 is 0 Å². The van der Waals surface area contributed by atoms with Gasteiger partial charge < -0.3 is 11.1 Å². The molecule has 0 saturated heterocycles. The Morgan fingerprint density at radius 2 is 2.19 bits per heavy atom. The van der Waals surface area contributed by atoms with Crippen LogP contribution in [-0.2, 0) is 0 Å². The highest BCUT2D eigenvalue weighted by molar-refractivity contribution is 9.10. The number of fused-ring (bicyclic) bond motifs is 1. The molecule has 0 atom stereocenters. The zero-order chi connectivity index (χ0) is 15.0. The SMILES string of the molecule is Nc1c(C(=O)Nc2ccc(Cl)c(Br)c2)sc2cccnc12. The smallest absolute Gasteiger partial charge is 0.267 e. The molecule has 0 aliphatic carbocycles. The second-order valence-corrected chi connectivity index (χ2v) is 6.59. The lowest BCUT2D eigenvalue weighted by Crippen LogP contribution is -2.11. The molecule has 0 aliphatic rings. The Bertz CT molecular complexity index is 849. The molecule has 4 nitrogen and oxygen atoms in total. The lowest BCUT2D eigenvalue weighted by Gasteiger charge is -2.05. The maximum Gasteiger partial charge on any atom is 0.267 e. The maximum absolute atomic E-state index is 12.3. The van der Waals surface area contributed by atoms with E-state index in [9.17, 15) is 4.79 Å². The predicted octanol–water partition coefficient (Wildman–Crippen LogP) is 4.55. The Morgan fingerprint density at radius 1 is 1.38 bits per heavy atom. The van der Waals surface area contributed by atoms with Gasteiger partial charge in [0.15, 0.2) is 0 Å². The Morgan fingerprint density at radius 3 is 2.90 bits per heavy atom. The van der Waals surface area contributed by atoms with Crippen molar-refractivity contribution in [2.24, 2.45) is 0 Å². The third-order valence-corrected chi connectivity index (χ3v) is 5.24. The number of thiophene rings is 1. The molecule has 3 rings (SSSR count). The van der Waals surface area contributed by atoms with Crippen LogP contribution in [0.2, 0.25) is 5.02 Å². The third kappa shape index (κ3) is 2.74. The van der Waals surface area contributed by atoms with Crippen LogP contribution in [0.4, 0.5) is 11.4 Å². The number of carbonyl (C=O) groups excluding carboxylic acids is 1. The third-order valence-electron chi connectivity index (χ3n) is 2.87. The molecule has 0 radical (unpaired) electrons. The molecule has 2 heterocycles. The standard InChI is InChI=1S/C14H9BrClN3OS/c15-8-6-7(3-4-9(8)16)19-14(20)13-11(17)12-10(21-13)2-1-5-18-12/h1-6H,17H2,(H,19,20).